The van der Waals surface area contributed by atoms with Crippen LogP contribution in [0.3, 0.4) is 0 Å². The summed E-state index contributed by atoms with van der Waals surface area (Å²) in [5.74, 6) is -0.266. The summed E-state index contributed by atoms with van der Waals surface area (Å²) in [5, 5.41) is 0. The molecule has 7 nitrogen and oxygen atoms in total. The molecule has 1 aromatic heterocycles. The van der Waals surface area contributed by atoms with Crippen molar-refractivity contribution in [3.63, 3.8) is 0 Å². The van der Waals surface area contributed by atoms with Gasteiger partial charge in [-0.15, -0.1) is 0 Å². The van der Waals surface area contributed by atoms with Crippen molar-refractivity contribution in [2.75, 3.05) is 36.8 Å². The highest BCUT2D eigenvalue weighted by Crippen LogP contribution is 2.22. The van der Waals surface area contributed by atoms with Crippen LogP contribution >= 0.6 is 0 Å². The average Bonchev–Trinajstić information content (AvgIpc) is 2.86. The summed E-state index contributed by atoms with van der Waals surface area (Å²) in [4.78, 5) is 15.9. The van der Waals surface area contributed by atoms with Gasteiger partial charge in [0.15, 0.2) is 5.58 Å². The lowest BCUT2D eigenvalue weighted by Crippen LogP contribution is -2.49. The lowest BCUT2D eigenvalue weighted by Gasteiger charge is -2.35. The van der Waals surface area contributed by atoms with E-state index in [1.165, 1.54) is 0 Å². The van der Waals surface area contributed by atoms with Crippen molar-refractivity contribution in [2.45, 2.75) is 13.3 Å². The van der Waals surface area contributed by atoms with Gasteiger partial charge in [0.05, 0.1) is 11.3 Å². The fourth-order valence-corrected chi connectivity index (χ4v) is 4.24. The van der Waals surface area contributed by atoms with E-state index in [1.54, 1.807) is 10.4 Å². The van der Waals surface area contributed by atoms with E-state index < -0.39 is 15.8 Å². The number of benzene rings is 1. The first-order valence-electron chi connectivity index (χ1n) is 7.35. The maximum absolute atomic E-state index is 12.1. The number of anilines is 1. The van der Waals surface area contributed by atoms with Crippen molar-refractivity contribution in [2.24, 2.45) is 0 Å². The third-order valence-corrected chi connectivity index (χ3v) is 5.94. The zero-order valence-electron chi connectivity index (χ0n) is 12.4. The molecule has 8 heteroatoms. The molecule has 2 aromatic rings. The van der Waals surface area contributed by atoms with Gasteiger partial charge in [0, 0.05) is 31.9 Å². The minimum absolute atomic E-state index is 0.204. The Morgan fingerprint density at radius 2 is 1.95 bits per heavy atom. The number of aromatic amines is 1. The van der Waals surface area contributed by atoms with Gasteiger partial charge in [-0.1, -0.05) is 6.92 Å². The zero-order valence-corrected chi connectivity index (χ0v) is 13.2. The van der Waals surface area contributed by atoms with Crippen LogP contribution in [-0.2, 0) is 10.0 Å². The molecule has 1 aliphatic heterocycles. The second-order valence-electron chi connectivity index (χ2n) is 5.40. The minimum atomic E-state index is -3.13. The molecule has 3 rings (SSSR count). The van der Waals surface area contributed by atoms with E-state index in [-0.39, 0.29) is 5.75 Å². The number of H-pyrrole nitrogens is 1. The number of rotatable bonds is 4. The molecular weight excluding hydrogens is 306 g/mol. The molecule has 0 unspecified atom stereocenters. The van der Waals surface area contributed by atoms with Crippen molar-refractivity contribution >= 4 is 26.8 Å². The highest BCUT2D eigenvalue weighted by atomic mass is 32.2. The maximum atomic E-state index is 12.1. The average molecular weight is 325 g/mol. The van der Waals surface area contributed by atoms with E-state index in [1.807, 2.05) is 19.1 Å². The van der Waals surface area contributed by atoms with Gasteiger partial charge in [-0.05, 0) is 24.6 Å². The van der Waals surface area contributed by atoms with Crippen molar-refractivity contribution in [1.82, 2.24) is 9.29 Å². The Bertz CT molecular complexity index is 816. The fraction of sp³-hybridized carbons (Fsp3) is 0.500. The first-order valence-corrected chi connectivity index (χ1v) is 8.96. The van der Waals surface area contributed by atoms with Gasteiger partial charge >= 0.3 is 5.76 Å². The number of hydrogen-bond donors (Lipinski definition) is 1. The van der Waals surface area contributed by atoms with E-state index >= 15 is 0 Å². The fourth-order valence-electron chi connectivity index (χ4n) is 2.75. The number of nitrogens with zero attached hydrogens (tertiary/aromatic N) is 2. The summed E-state index contributed by atoms with van der Waals surface area (Å²) in [6.45, 7) is 4.12. The van der Waals surface area contributed by atoms with Gasteiger partial charge in [-0.2, -0.15) is 4.31 Å². The second-order valence-corrected chi connectivity index (χ2v) is 7.49. The number of nitrogens with one attached hydrogen (secondary N) is 1. The number of fused-ring (bicyclic) bond motifs is 1. The van der Waals surface area contributed by atoms with Crippen LogP contribution in [-0.4, -0.2) is 49.6 Å². The predicted molar refractivity (Wildman–Crippen MR) is 84.7 cm³/mol. The number of hydrogen-bond acceptors (Lipinski definition) is 5. The van der Waals surface area contributed by atoms with E-state index in [4.69, 9.17) is 4.42 Å². The second kappa shape index (κ2) is 5.77. The summed E-state index contributed by atoms with van der Waals surface area (Å²) in [5.41, 5.74) is 2.14. The van der Waals surface area contributed by atoms with Crippen LogP contribution in [0.1, 0.15) is 13.3 Å². The Hall–Kier alpha value is -1.80. The molecule has 0 spiro atoms. The standard InChI is InChI=1S/C14H19N3O4S/c1-2-9-22(19,20)17-7-5-16(6-8-17)11-3-4-13-12(10-11)15-14(18)21-13/h3-4,10H,2,5-9H2,1H3,(H,15,18). The smallest absolute Gasteiger partial charge is 0.408 e. The van der Waals surface area contributed by atoms with Crippen molar-refractivity contribution in [3.8, 4) is 0 Å². The molecule has 1 saturated heterocycles. The highest BCUT2D eigenvalue weighted by molar-refractivity contribution is 7.89. The number of aromatic nitrogens is 1. The molecule has 0 saturated carbocycles. The van der Waals surface area contributed by atoms with Crippen molar-refractivity contribution in [1.29, 1.82) is 0 Å². The third kappa shape index (κ3) is 2.89. The first kappa shape index (κ1) is 15.1. The summed E-state index contributed by atoms with van der Waals surface area (Å²) in [6.07, 6.45) is 0.632. The highest BCUT2D eigenvalue weighted by Gasteiger charge is 2.26. The molecule has 22 heavy (non-hydrogen) atoms. The molecule has 0 radical (unpaired) electrons. The number of oxazole rings is 1. The number of piperazine rings is 1. The Kier molecular flexibility index (Phi) is 3.96. The zero-order chi connectivity index (χ0) is 15.7. The third-order valence-electron chi connectivity index (χ3n) is 3.86. The minimum Gasteiger partial charge on any atom is -0.408 e. The van der Waals surface area contributed by atoms with Gasteiger partial charge < -0.3 is 9.32 Å². The van der Waals surface area contributed by atoms with E-state index in [0.29, 0.717) is 43.7 Å². The molecule has 2 heterocycles. The first-order chi connectivity index (χ1) is 10.5. The van der Waals surface area contributed by atoms with Crippen LogP contribution in [0.4, 0.5) is 5.69 Å². The lowest BCUT2D eigenvalue weighted by atomic mass is 10.2. The van der Waals surface area contributed by atoms with Crippen LogP contribution in [0.5, 0.6) is 0 Å². The van der Waals surface area contributed by atoms with Crippen molar-refractivity contribution in [3.05, 3.63) is 28.7 Å². The monoisotopic (exact) mass is 325 g/mol. The van der Waals surface area contributed by atoms with Gasteiger partial charge in [0.2, 0.25) is 10.0 Å². The predicted octanol–water partition coefficient (Wildman–Crippen LogP) is 0.983. The van der Waals surface area contributed by atoms with Crippen LogP contribution in [0, 0.1) is 0 Å². The van der Waals surface area contributed by atoms with Crippen LogP contribution in [0.25, 0.3) is 11.1 Å². The van der Waals surface area contributed by atoms with E-state index in [9.17, 15) is 13.2 Å². The molecule has 1 fully saturated rings. The largest absolute Gasteiger partial charge is 0.417 e. The molecule has 0 bridgehead atoms. The van der Waals surface area contributed by atoms with Crippen LogP contribution < -0.4 is 10.7 Å². The Morgan fingerprint density at radius 1 is 1.23 bits per heavy atom. The molecule has 0 atom stereocenters. The Labute approximate surface area is 128 Å². The molecule has 0 amide bonds. The topological polar surface area (TPSA) is 86.6 Å². The van der Waals surface area contributed by atoms with Crippen molar-refractivity contribution < 1.29 is 12.8 Å². The Balaban J connectivity index is 1.73. The molecule has 1 N–H and O–H groups in total. The molecule has 1 aliphatic rings. The molecule has 120 valence electrons. The lowest BCUT2D eigenvalue weighted by molar-refractivity contribution is 0.384. The molecule has 0 aliphatic carbocycles. The van der Waals surface area contributed by atoms with Gasteiger partial charge in [-0.3, -0.25) is 4.98 Å². The normalized spacial score (nSPS) is 17.2. The maximum Gasteiger partial charge on any atom is 0.417 e. The summed E-state index contributed by atoms with van der Waals surface area (Å²) in [7, 11) is -3.13. The Morgan fingerprint density at radius 3 is 2.64 bits per heavy atom. The SMILES string of the molecule is CCCS(=O)(=O)N1CCN(c2ccc3oc(=O)[nH]c3c2)CC1. The van der Waals surface area contributed by atoms with Crippen LogP contribution in [0.15, 0.2) is 27.4 Å². The van der Waals surface area contributed by atoms with Crippen LogP contribution in [0.2, 0.25) is 0 Å². The molecular formula is C14H19N3O4S. The van der Waals surface area contributed by atoms with Gasteiger partial charge in [0.25, 0.3) is 0 Å². The van der Waals surface area contributed by atoms with Gasteiger partial charge in [0.1, 0.15) is 0 Å². The van der Waals surface area contributed by atoms with E-state index in [0.717, 1.165) is 5.69 Å². The quantitative estimate of drug-likeness (QED) is 0.905. The summed E-state index contributed by atoms with van der Waals surface area (Å²) >= 11 is 0. The molecule has 1 aromatic carbocycles. The number of sulfonamides is 1. The summed E-state index contributed by atoms with van der Waals surface area (Å²) in [6, 6.07) is 5.49. The van der Waals surface area contributed by atoms with E-state index in [2.05, 4.69) is 9.88 Å². The summed E-state index contributed by atoms with van der Waals surface area (Å²) < 4.78 is 30.7. The van der Waals surface area contributed by atoms with Gasteiger partial charge in [-0.25, -0.2) is 13.2 Å².